The first-order valence-electron chi connectivity index (χ1n) is 9.64. The molecule has 1 atom stereocenters. The van der Waals surface area contributed by atoms with Gasteiger partial charge in [-0.25, -0.2) is 9.78 Å². The highest BCUT2D eigenvalue weighted by Crippen LogP contribution is 2.26. The van der Waals surface area contributed by atoms with E-state index in [0.717, 1.165) is 4.47 Å². The lowest BCUT2D eigenvalue weighted by molar-refractivity contribution is 0.159. The van der Waals surface area contributed by atoms with Gasteiger partial charge in [0.05, 0.1) is 16.9 Å². The maximum Gasteiger partial charge on any atom is 0.322 e. The van der Waals surface area contributed by atoms with E-state index < -0.39 is 0 Å². The minimum atomic E-state index is -0.340. The summed E-state index contributed by atoms with van der Waals surface area (Å²) in [6.45, 7) is 5.92. The van der Waals surface area contributed by atoms with Crippen LogP contribution in [-0.4, -0.2) is 26.5 Å². The Morgan fingerprint density at radius 2 is 1.83 bits per heavy atom. The lowest BCUT2D eigenvalue weighted by atomic mass is 10.1. The van der Waals surface area contributed by atoms with Gasteiger partial charge in [0.25, 0.3) is 5.56 Å². The van der Waals surface area contributed by atoms with Crippen LogP contribution in [0, 0.1) is 0 Å². The van der Waals surface area contributed by atoms with Crippen LogP contribution in [0.25, 0.3) is 10.9 Å². The van der Waals surface area contributed by atoms with Gasteiger partial charge in [-0.05, 0) is 56.7 Å². The van der Waals surface area contributed by atoms with E-state index in [1.165, 1.54) is 0 Å². The molecule has 0 radical (unpaired) electrons. The molecule has 3 rings (SSSR count). The Labute approximate surface area is 178 Å². The van der Waals surface area contributed by atoms with E-state index in [0.29, 0.717) is 28.8 Å². The fourth-order valence-corrected chi connectivity index (χ4v) is 3.76. The summed E-state index contributed by atoms with van der Waals surface area (Å²) in [5, 5.41) is 3.53. The van der Waals surface area contributed by atoms with Crippen LogP contribution in [0.3, 0.4) is 0 Å². The van der Waals surface area contributed by atoms with Gasteiger partial charge < -0.3 is 10.2 Å². The van der Waals surface area contributed by atoms with Gasteiger partial charge in [0, 0.05) is 23.2 Å². The molecule has 2 amide bonds. The minimum absolute atomic E-state index is 0.0845. The molecule has 1 N–H and O–H groups in total. The average Bonchev–Trinajstić information content (AvgIpc) is 2.70. The first kappa shape index (κ1) is 21.0. The normalized spacial score (nSPS) is 12.2. The number of nitrogens with one attached hydrogen (secondary N) is 1. The molecule has 1 unspecified atom stereocenters. The zero-order valence-electron chi connectivity index (χ0n) is 17.0. The van der Waals surface area contributed by atoms with Crippen LogP contribution in [0.1, 0.15) is 39.1 Å². The molecule has 0 saturated heterocycles. The molecule has 0 spiro atoms. The Morgan fingerprint density at radius 3 is 2.45 bits per heavy atom. The number of carbonyl (C=O) groups is 1. The van der Waals surface area contributed by atoms with Crippen molar-refractivity contribution in [3.63, 3.8) is 0 Å². The standard InChI is InChI=1S/C22H25BrN4O2/c1-5-19(20-25-18-9-7-6-8-17(18)21(28)26(20)4)27(14(2)3)22(29)24-16-12-10-15(23)11-13-16/h6-14,19H,5H2,1-4H3,(H,24,29). The van der Waals surface area contributed by atoms with Gasteiger partial charge in [-0.1, -0.05) is 35.0 Å². The predicted octanol–water partition coefficient (Wildman–Crippen LogP) is 5.09. The van der Waals surface area contributed by atoms with E-state index in [2.05, 4.69) is 21.2 Å². The summed E-state index contributed by atoms with van der Waals surface area (Å²) in [6, 6.07) is 14.1. The van der Waals surface area contributed by atoms with Crippen molar-refractivity contribution in [1.29, 1.82) is 0 Å². The van der Waals surface area contributed by atoms with Crippen LogP contribution < -0.4 is 10.9 Å². The van der Waals surface area contributed by atoms with Crippen LogP contribution >= 0.6 is 15.9 Å². The molecule has 29 heavy (non-hydrogen) atoms. The van der Waals surface area contributed by atoms with Gasteiger partial charge in [0.1, 0.15) is 5.82 Å². The Hall–Kier alpha value is -2.67. The maximum atomic E-state index is 13.2. The van der Waals surface area contributed by atoms with Crippen molar-refractivity contribution in [3.8, 4) is 0 Å². The smallest absolute Gasteiger partial charge is 0.312 e. The average molecular weight is 457 g/mol. The Morgan fingerprint density at radius 1 is 1.17 bits per heavy atom. The first-order valence-corrected chi connectivity index (χ1v) is 10.4. The van der Waals surface area contributed by atoms with Crippen molar-refractivity contribution in [2.24, 2.45) is 7.05 Å². The lowest BCUT2D eigenvalue weighted by Gasteiger charge is -2.35. The predicted molar refractivity (Wildman–Crippen MR) is 120 cm³/mol. The van der Waals surface area contributed by atoms with Crippen molar-refractivity contribution in [1.82, 2.24) is 14.5 Å². The second-order valence-electron chi connectivity index (χ2n) is 7.21. The van der Waals surface area contributed by atoms with Crippen LogP contribution in [0.4, 0.5) is 10.5 Å². The van der Waals surface area contributed by atoms with Gasteiger partial charge in [-0.2, -0.15) is 0 Å². The van der Waals surface area contributed by atoms with Crippen LogP contribution in [0.2, 0.25) is 0 Å². The second kappa shape index (κ2) is 8.78. The third-order valence-electron chi connectivity index (χ3n) is 4.92. The van der Waals surface area contributed by atoms with Crippen LogP contribution in [0.15, 0.2) is 57.8 Å². The Balaban J connectivity index is 2.02. The van der Waals surface area contributed by atoms with Gasteiger partial charge in [0.15, 0.2) is 0 Å². The number of nitrogens with zero attached hydrogens (tertiary/aromatic N) is 3. The molecule has 0 saturated carbocycles. The van der Waals surface area contributed by atoms with E-state index in [-0.39, 0.29) is 23.7 Å². The molecule has 0 bridgehead atoms. The maximum absolute atomic E-state index is 13.2. The van der Waals surface area contributed by atoms with Crippen LogP contribution in [-0.2, 0) is 7.05 Å². The molecule has 2 aromatic carbocycles. The zero-order chi connectivity index (χ0) is 21.1. The van der Waals surface area contributed by atoms with Gasteiger partial charge in [-0.3, -0.25) is 9.36 Å². The zero-order valence-corrected chi connectivity index (χ0v) is 18.6. The highest BCUT2D eigenvalue weighted by Gasteiger charge is 2.30. The van der Waals surface area contributed by atoms with E-state index in [1.54, 1.807) is 22.6 Å². The Kier molecular flexibility index (Phi) is 6.37. The number of hydrogen-bond acceptors (Lipinski definition) is 3. The summed E-state index contributed by atoms with van der Waals surface area (Å²) in [6.07, 6.45) is 0.630. The highest BCUT2D eigenvalue weighted by atomic mass is 79.9. The lowest BCUT2D eigenvalue weighted by Crippen LogP contribution is -2.44. The number of urea groups is 1. The summed E-state index contributed by atoms with van der Waals surface area (Å²) >= 11 is 3.40. The number of benzene rings is 2. The summed E-state index contributed by atoms with van der Waals surface area (Å²) in [5.41, 5.74) is 1.24. The number of para-hydroxylation sites is 1. The molecule has 1 aromatic heterocycles. The summed E-state index contributed by atoms with van der Waals surface area (Å²) < 4.78 is 2.50. The molecule has 152 valence electrons. The second-order valence-corrected chi connectivity index (χ2v) is 8.13. The topological polar surface area (TPSA) is 67.2 Å². The molecule has 0 aliphatic carbocycles. The van der Waals surface area contributed by atoms with Gasteiger partial charge in [-0.15, -0.1) is 0 Å². The summed E-state index contributed by atoms with van der Waals surface area (Å²) in [5.74, 6) is 0.579. The monoisotopic (exact) mass is 456 g/mol. The number of halogens is 1. The first-order chi connectivity index (χ1) is 13.8. The third kappa shape index (κ3) is 4.34. The highest BCUT2D eigenvalue weighted by molar-refractivity contribution is 9.10. The van der Waals surface area contributed by atoms with E-state index in [9.17, 15) is 9.59 Å². The molecular formula is C22H25BrN4O2. The number of hydrogen-bond donors (Lipinski definition) is 1. The summed E-state index contributed by atoms with van der Waals surface area (Å²) in [7, 11) is 1.71. The molecule has 0 fully saturated rings. The molecule has 7 heteroatoms. The molecule has 1 heterocycles. The molecule has 3 aromatic rings. The van der Waals surface area contributed by atoms with Crippen molar-refractivity contribution in [3.05, 3.63) is 69.2 Å². The number of amides is 2. The van der Waals surface area contributed by atoms with Crippen molar-refractivity contribution in [2.45, 2.75) is 39.3 Å². The van der Waals surface area contributed by atoms with Crippen LogP contribution in [0.5, 0.6) is 0 Å². The third-order valence-corrected chi connectivity index (χ3v) is 5.45. The quantitative estimate of drug-likeness (QED) is 0.581. The number of aromatic nitrogens is 2. The van der Waals surface area contributed by atoms with Crippen molar-refractivity contribution < 1.29 is 4.79 Å². The Bertz CT molecular complexity index is 1080. The van der Waals surface area contributed by atoms with Gasteiger partial charge >= 0.3 is 6.03 Å². The largest absolute Gasteiger partial charge is 0.322 e. The van der Waals surface area contributed by atoms with Crippen molar-refractivity contribution >= 4 is 38.6 Å². The fourth-order valence-electron chi connectivity index (χ4n) is 3.49. The SMILES string of the molecule is CCC(c1nc2ccccc2c(=O)n1C)N(C(=O)Nc1ccc(Br)cc1)C(C)C. The van der Waals surface area contributed by atoms with Gasteiger partial charge in [0.2, 0.25) is 0 Å². The van der Waals surface area contributed by atoms with E-state index in [1.807, 2.05) is 63.2 Å². The molecule has 6 nitrogen and oxygen atoms in total. The molecule has 0 aliphatic rings. The van der Waals surface area contributed by atoms with E-state index in [4.69, 9.17) is 4.98 Å². The van der Waals surface area contributed by atoms with E-state index >= 15 is 0 Å². The fraction of sp³-hybridized carbons (Fsp3) is 0.318. The number of fused-ring (bicyclic) bond motifs is 1. The van der Waals surface area contributed by atoms with Crippen molar-refractivity contribution in [2.75, 3.05) is 5.32 Å². The number of carbonyl (C=O) groups excluding carboxylic acids is 1. The number of rotatable bonds is 5. The molecular weight excluding hydrogens is 432 g/mol. The molecule has 0 aliphatic heterocycles. The summed E-state index contributed by atoms with van der Waals surface area (Å²) in [4.78, 5) is 32.5. The number of anilines is 1. The minimum Gasteiger partial charge on any atom is -0.312 e.